The molecule has 6 nitrogen and oxygen atoms in total. The summed E-state index contributed by atoms with van der Waals surface area (Å²) in [4.78, 5) is 0. The van der Waals surface area contributed by atoms with Gasteiger partial charge in [0.15, 0.2) is 6.29 Å². The van der Waals surface area contributed by atoms with E-state index in [1.807, 2.05) is 0 Å². The molecular weight excluding hydrogens is 288 g/mol. The minimum absolute atomic E-state index is 0.0585. The summed E-state index contributed by atoms with van der Waals surface area (Å²) in [6.45, 7) is -0.687. The van der Waals surface area contributed by atoms with Crippen molar-refractivity contribution in [2.75, 3.05) is 13.2 Å². The second-order valence-electron chi connectivity index (χ2n) is 4.63. The smallest absolute Gasteiger partial charge is 0.184 e. The van der Waals surface area contributed by atoms with Gasteiger partial charge in [-0.05, 0) is 12.1 Å². The van der Waals surface area contributed by atoms with Crippen LogP contribution in [0.1, 0.15) is 11.9 Å². The number of ether oxygens (including phenoxy) is 2. The average Bonchev–Trinajstić information content (AvgIpc) is 2.46. The molecule has 1 aliphatic rings. The largest absolute Gasteiger partial charge is 0.394 e. The molecule has 4 N–H and O–H groups in total. The maximum absolute atomic E-state index is 9.86. The molecule has 112 valence electrons. The molecule has 7 heteroatoms. The highest BCUT2D eigenvalue weighted by molar-refractivity contribution is 6.30. The number of hydrogen-bond donors (Lipinski definition) is 4. The Labute approximate surface area is 121 Å². The molecule has 1 unspecified atom stereocenters. The van der Waals surface area contributed by atoms with E-state index in [1.54, 1.807) is 24.3 Å². The first-order valence-electron chi connectivity index (χ1n) is 6.20. The Hall–Kier alpha value is -0.730. The molecule has 0 amide bonds. The van der Waals surface area contributed by atoms with E-state index in [2.05, 4.69) is 0 Å². The van der Waals surface area contributed by atoms with Crippen LogP contribution < -0.4 is 0 Å². The summed E-state index contributed by atoms with van der Waals surface area (Å²) in [7, 11) is 0. The zero-order chi connectivity index (χ0) is 14.7. The third kappa shape index (κ3) is 3.48. The number of benzene rings is 1. The molecule has 1 aromatic rings. The first-order chi connectivity index (χ1) is 9.52. The van der Waals surface area contributed by atoms with Crippen LogP contribution in [-0.2, 0) is 9.47 Å². The number of aliphatic hydroxyl groups is 4. The van der Waals surface area contributed by atoms with Gasteiger partial charge in [-0.2, -0.15) is 0 Å². The van der Waals surface area contributed by atoms with E-state index in [0.29, 0.717) is 10.6 Å². The number of halogens is 1. The summed E-state index contributed by atoms with van der Waals surface area (Å²) in [6.07, 6.45) is -5.77. The van der Waals surface area contributed by atoms with Gasteiger partial charge in [0.05, 0.1) is 13.2 Å². The number of aliphatic hydroxyl groups excluding tert-OH is 4. The molecule has 1 aliphatic heterocycles. The Kier molecular flexibility index (Phi) is 5.34. The van der Waals surface area contributed by atoms with Gasteiger partial charge in [0.1, 0.15) is 24.4 Å². The Morgan fingerprint density at radius 3 is 2.75 bits per heavy atom. The second-order valence-corrected chi connectivity index (χ2v) is 5.07. The third-order valence-corrected chi connectivity index (χ3v) is 3.35. The Morgan fingerprint density at radius 2 is 2.10 bits per heavy atom. The van der Waals surface area contributed by atoms with Crippen LogP contribution in [-0.4, -0.2) is 58.1 Å². The fourth-order valence-electron chi connectivity index (χ4n) is 2.02. The van der Waals surface area contributed by atoms with E-state index in [-0.39, 0.29) is 6.61 Å². The van der Waals surface area contributed by atoms with Crippen molar-refractivity contribution in [3.63, 3.8) is 0 Å². The molecule has 0 bridgehead atoms. The lowest BCUT2D eigenvalue weighted by molar-refractivity contribution is -0.284. The van der Waals surface area contributed by atoms with Gasteiger partial charge in [-0.25, -0.2) is 0 Å². The first-order valence-corrected chi connectivity index (χ1v) is 6.58. The van der Waals surface area contributed by atoms with E-state index in [4.69, 9.17) is 26.2 Å². The van der Waals surface area contributed by atoms with Crippen molar-refractivity contribution in [3.05, 3.63) is 34.9 Å². The monoisotopic (exact) mass is 304 g/mol. The lowest BCUT2D eigenvalue weighted by atomic mass is 10.0. The van der Waals surface area contributed by atoms with Crippen LogP contribution in [0.3, 0.4) is 0 Å². The topological polar surface area (TPSA) is 99.4 Å². The summed E-state index contributed by atoms with van der Waals surface area (Å²) in [5.74, 6) is 0. The predicted molar refractivity (Wildman–Crippen MR) is 70.1 cm³/mol. The van der Waals surface area contributed by atoms with E-state index in [1.165, 1.54) is 0 Å². The molecule has 0 aliphatic carbocycles. The molecule has 20 heavy (non-hydrogen) atoms. The van der Waals surface area contributed by atoms with E-state index >= 15 is 0 Å². The molecular formula is C13H17ClO6. The van der Waals surface area contributed by atoms with Crippen molar-refractivity contribution in [2.24, 2.45) is 0 Å². The van der Waals surface area contributed by atoms with Crippen molar-refractivity contribution in [3.8, 4) is 0 Å². The third-order valence-electron chi connectivity index (χ3n) is 3.12. The standard InChI is InChI=1S/C13H17ClO6/c14-8-3-1-2-7(4-8)13-19-6-10(17)12(20-13)11(18)9(16)5-15/h1-4,9-13,15-18H,5-6H2/t9-,10+,11-,12-,13?/m1/s1. The van der Waals surface area contributed by atoms with Gasteiger partial charge in [-0.3, -0.25) is 0 Å². The minimum atomic E-state index is -1.42. The highest BCUT2D eigenvalue weighted by Gasteiger charge is 2.39. The van der Waals surface area contributed by atoms with Crippen LogP contribution in [0.15, 0.2) is 24.3 Å². The molecule has 5 atom stereocenters. The van der Waals surface area contributed by atoms with E-state index in [9.17, 15) is 15.3 Å². The van der Waals surface area contributed by atoms with Crippen LogP contribution in [0.25, 0.3) is 0 Å². The maximum atomic E-state index is 9.86. The second kappa shape index (κ2) is 6.82. The zero-order valence-corrected chi connectivity index (χ0v) is 11.3. The van der Waals surface area contributed by atoms with Crippen LogP contribution in [0, 0.1) is 0 Å². The highest BCUT2D eigenvalue weighted by Crippen LogP contribution is 2.29. The molecule has 0 spiro atoms. The number of rotatable bonds is 4. The normalized spacial score (nSPS) is 29.9. The van der Waals surface area contributed by atoms with Gasteiger partial charge in [0.25, 0.3) is 0 Å². The molecule has 0 saturated carbocycles. The Bertz CT molecular complexity index is 443. The van der Waals surface area contributed by atoms with Crippen molar-refractivity contribution in [1.82, 2.24) is 0 Å². The summed E-state index contributed by atoms with van der Waals surface area (Å²) in [5, 5.41) is 38.4. The lowest BCUT2D eigenvalue weighted by Crippen LogP contribution is -2.52. The molecule has 1 fully saturated rings. The van der Waals surface area contributed by atoms with E-state index < -0.39 is 37.3 Å². The summed E-state index contributed by atoms with van der Waals surface area (Å²) >= 11 is 5.88. The highest BCUT2D eigenvalue weighted by atomic mass is 35.5. The first kappa shape index (κ1) is 15.7. The number of hydrogen-bond acceptors (Lipinski definition) is 6. The molecule has 0 radical (unpaired) electrons. The molecule has 1 aromatic carbocycles. The average molecular weight is 305 g/mol. The summed E-state index contributed by atoms with van der Waals surface area (Å²) in [6, 6.07) is 6.81. The summed E-state index contributed by atoms with van der Waals surface area (Å²) < 4.78 is 10.8. The fourth-order valence-corrected chi connectivity index (χ4v) is 2.22. The van der Waals surface area contributed by atoms with Crippen LogP contribution in [0.4, 0.5) is 0 Å². The van der Waals surface area contributed by atoms with Gasteiger partial charge in [-0.15, -0.1) is 0 Å². The zero-order valence-electron chi connectivity index (χ0n) is 10.6. The molecule has 1 heterocycles. The van der Waals surface area contributed by atoms with Crippen LogP contribution in [0.5, 0.6) is 0 Å². The van der Waals surface area contributed by atoms with Crippen LogP contribution in [0.2, 0.25) is 5.02 Å². The fraction of sp³-hybridized carbons (Fsp3) is 0.538. The van der Waals surface area contributed by atoms with Crippen molar-refractivity contribution >= 4 is 11.6 Å². The van der Waals surface area contributed by atoms with Crippen molar-refractivity contribution in [2.45, 2.75) is 30.7 Å². The van der Waals surface area contributed by atoms with Crippen LogP contribution >= 0.6 is 11.6 Å². The SMILES string of the molecule is OC[C@@H](O)[C@@H](O)[C@@H]1OC(c2cccc(Cl)c2)OC[C@@H]1O. The van der Waals surface area contributed by atoms with Gasteiger partial charge in [-0.1, -0.05) is 23.7 Å². The van der Waals surface area contributed by atoms with E-state index in [0.717, 1.165) is 0 Å². The van der Waals surface area contributed by atoms with Crippen molar-refractivity contribution < 1.29 is 29.9 Å². The van der Waals surface area contributed by atoms with Gasteiger partial charge < -0.3 is 29.9 Å². The predicted octanol–water partition coefficient (Wildman–Crippen LogP) is -0.171. The summed E-state index contributed by atoms with van der Waals surface area (Å²) in [5.41, 5.74) is 0.639. The van der Waals surface area contributed by atoms with Gasteiger partial charge >= 0.3 is 0 Å². The molecule has 2 rings (SSSR count). The maximum Gasteiger partial charge on any atom is 0.184 e. The minimum Gasteiger partial charge on any atom is -0.394 e. The quantitative estimate of drug-likeness (QED) is 0.616. The lowest BCUT2D eigenvalue weighted by Gasteiger charge is -2.37. The molecule has 0 aromatic heterocycles. The van der Waals surface area contributed by atoms with Gasteiger partial charge in [0, 0.05) is 10.6 Å². The molecule has 1 saturated heterocycles. The Morgan fingerprint density at radius 1 is 1.35 bits per heavy atom. The van der Waals surface area contributed by atoms with Crippen molar-refractivity contribution in [1.29, 1.82) is 0 Å². The Balaban J connectivity index is 2.11. The van der Waals surface area contributed by atoms with Gasteiger partial charge in [0.2, 0.25) is 0 Å².